The van der Waals surface area contributed by atoms with E-state index < -0.39 is 0 Å². The molecule has 20 heavy (non-hydrogen) atoms. The van der Waals surface area contributed by atoms with Gasteiger partial charge in [0.05, 0.1) is 0 Å². The van der Waals surface area contributed by atoms with E-state index in [-0.39, 0.29) is 12.1 Å². The van der Waals surface area contributed by atoms with Crippen molar-refractivity contribution in [2.75, 3.05) is 0 Å². The summed E-state index contributed by atoms with van der Waals surface area (Å²) in [6.45, 7) is 8.57. The number of aromatic hydroxyl groups is 1. The third kappa shape index (κ3) is 3.40. The van der Waals surface area contributed by atoms with Gasteiger partial charge in [-0.15, -0.1) is 0 Å². The Labute approximate surface area is 121 Å². The first-order chi connectivity index (χ1) is 9.47. The molecule has 2 heteroatoms. The van der Waals surface area contributed by atoms with Gasteiger partial charge in [-0.05, 0) is 56.5 Å². The van der Waals surface area contributed by atoms with E-state index in [4.69, 9.17) is 0 Å². The summed E-state index contributed by atoms with van der Waals surface area (Å²) in [6.07, 6.45) is 0. The summed E-state index contributed by atoms with van der Waals surface area (Å²) < 4.78 is 0. The lowest BCUT2D eigenvalue weighted by Crippen LogP contribution is -2.23. The highest BCUT2D eigenvalue weighted by Gasteiger charge is 2.13. The number of phenols is 1. The van der Waals surface area contributed by atoms with Crippen LogP contribution in [-0.4, -0.2) is 5.11 Å². The zero-order valence-electron chi connectivity index (χ0n) is 12.6. The first-order valence-corrected chi connectivity index (χ1v) is 7.09. The maximum atomic E-state index is 9.56. The molecular formula is C18H23NO. The number of nitrogens with one attached hydrogen (secondary N) is 1. The second kappa shape index (κ2) is 6.10. The maximum absolute atomic E-state index is 9.56. The Balaban J connectivity index is 2.12. The molecular weight excluding hydrogens is 246 g/mol. The Morgan fingerprint density at radius 1 is 0.950 bits per heavy atom. The summed E-state index contributed by atoms with van der Waals surface area (Å²) in [5.74, 6) is 0.315. The molecule has 2 N–H and O–H groups in total. The summed E-state index contributed by atoms with van der Waals surface area (Å²) in [5.41, 5.74) is 5.02. The molecule has 0 amide bonds. The molecule has 0 aromatic heterocycles. The lowest BCUT2D eigenvalue weighted by molar-refractivity contribution is 0.466. The van der Waals surface area contributed by atoms with E-state index in [1.807, 2.05) is 18.2 Å². The minimum Gasteiger partial charge on any atom is -0.508 e. The van der Waals surface area contributed by atoms with Crippen LogP contribution in [0.2, 0.25) is 0 Å². The van der Waals surface area contributed by atoms with Crippen molar-refractivity contribution in [1.29, 1.82) is 0 Å². The van der Waals surface area contributed by atoms with E-state index >= 15 is 0 Å². The van der Waals surface area contributed by atoms with Gasteiger partial charge in [0, 0.05) is 12.1 Å². The lowest BCUT2D eigenvalue weighted by atomic mass is 9.99. The molecule has 0 bridgehead atoms. The Bertz CT molecular complexity index is 592. The van der Waals surface area contributed by atoms with Crippen molar-refractivity contribution in [2.45, 2.75) is 39.8 Å². The molecule has 0 aliphatic heterocycles. The minimum absolute atomic E-state index is 0.192. The summed E-state index contributed by atoms with van der Waals surface area (Å²) >= 11 is 0. The molecule has 2 nitrogen and oxygen atoms in total. The molecule has 2 aromatic carbocycles. The zero-order chi connectivity index (χ0) is 14.7. The van der Waals surface area contributed by atoms with Gasteiger partial charge in [-0.2, -0.15) is 0 Å². The van der Waals surface area contributed by atoms with Gasteiger partial charge in [-0.3, -0.25) is 0 Å². The first-order valence-electron chi connectivity index (χ1n) is 7.09. The van der Waals surface area contributed by atoms with Crippen LogP contribution < -0.4 is 5.32 Å². The van der Waals surface area contributed by atoms with Gasteiger partial charge in [0.25, 0.3) is 0 Å². The molecule has 2 rings (SSSR count). The number of rotatable bonds is 4. The molecule has 0 spiro atoms. The molecule has 2 unspecified atom stereocenters. The van der Waals surface area contributed by atoms with Crippen molar-refractivity contribution in [3.63, 3.8) is 0 Å². The van der Waals surface area contributed by atoms with Crippen LogP contribution >= 0.6 is 0 Å². The summed E-state index contributed by atoms with van der Waals surface area (Å²) in [7, 11) is 0. The third-order valence-corrected chi connectivity index (χ3v) is 3.76. The molecule has 2 aromatic rings. The van der Waals surface area contributed by atoms with Crippen LogP contribution in [-0.2, 0) is 0 Å². The SMILES string of the molecule is Cc1ccc(C(C)NC(C)c2cccc(O)c2)c(C)c1. The van der Waals surface area contributed by atoms with Crippen LogP contribution in [0.1, 0.15) is 48.2 Å². The number of benzene rings is 2. The van der Waals surface area contributed by atoms with Gasteiger partial charge in [0.2, 0.25) is 0 Å². The highest BCUT2D eigenvalue weighted by molar-refractivity contribution is 5.33. The molecule has 0 saturated heterocycles. The standard InChI is InChI=1S/C18H23NO/c1-12-8-9-18(13(2)10-12)15(4)19-14(3)16-6-5-7-17(20)11-16/h5-11,14-15,19-20H,1-4H3. The Morgan fingerprint density at radius 2 is 1.70 bits per heavy atom. The maximum Gasteiger partial charge on any atom is 0.115 e. The second-order valence-corrected chi connectivity index (χ2v) is 5.57. The predicted octanol–water partition coefficient (Wildman–Crippen LogP) is 4.42. The molecule has 0 saturated carbocycles. The molecule has 0 heterocycles. The molecule has 106 valence electrons. The molecule has 0 radical (unpaired) electrons. The largest absolute Gasteiger partial charge is 0.508 e. The van der Waals surface area contributed by atoms with Gasteiger partial charge < -0.3 is 10.4 Å². The summed E-state index contributed by atoms with van der Waals surface area (Å²) in [4.78, 5) is 0. The van der Waals surface area contributed by atoms with Gasteiger partial charge in [-0.25, -0.2) is 0 Å². The van der Waals surface area contributed by atoms with Crippen LogP contribution in [0.25, 0.3) is 0 Å². The van der Waals surface area contributed by atoms with Crippen molar-refractivity contribution in [3.05, 3.63) is 64.7 Å². The molecule has 2 atom stereocenters. The molecule has 0 aliphatic carbocycles. The smallest absolute Gasteiger partial charge is 0.115 e. The third-order valence-electron chi connectivity index (χ3n) is 3.76. The van der Waals surface area contributed by atoms with E-state index in [2.05, 4.69) is 51.2 Å². The van der Waals surface area contributed by atoms with E-state index in [0.717, 1.165) is 5.56 Å². The van der Waals surface area contributed by atoms with Gasteiger partial charge in [0.15, 0.2) is 0 Å². The summed E-state index contributed by atoms with van der Waals surface area (Å²) in [6, 6.07) is 14.4. The van der Waals surface area contributed by atoms with E-state index in [9.17, 15) is 5.11 Å². The van der Waals surface area contributed by atoms with Gasteiger partial charge in [-0.1, -0.05) is 35.9 Å². The van der Waals surface area contributed by atoms with Crippen molar-refractivity contribution in [1.82, 2.24) is 5.32 Å². The average Bonchev–Trinajstić information content (AvgIpc) is 2.38. The predicted molar refractivity (Wildman–Crippen MR) is 84.0 cm³/mol. The first kappa shape index (κ1) is 14.6. The van der Waals surface area contributed by atoms with Crippen LogP contribution in [0, 0.1) is 13.8 Å². The normalized spacial score (nSPS) is 14.0. The Morgan fingerprint density at radius 3 is 2.35 bits per heavy atom. The molecule has 0 aliphatic rings. The van der Waals surface area contributed by atoms with Crippen molar-refractivity contribution < 1.29 is 5.11 Å². The van der Waals surface area contributed by atoms with Crippen LogP contribution in [0.5, 0.6) is 5.75 Å². The second-order valence-electron chi connectivity index (χ2n) is 5.57. The van der Waals surface area contributed by atoms with Gasteiger partial charge >= 0.3 is 0 Å². The average molecular weight is 269 g/mol. The topological polar surface area (TPSA) is 32.3 Å². The Hall–Kier alpha value is -1.80. The van der Waals surface area contributed by atoms with Crippen LogP contribution in [0.3, 0.4) is 0 Å². The van der Waals surface area contributed by atoms with Crippen molar-refractivity contribution in [2.24, 2.45) is 0 Å². The monoisotopic (exact) mass is 269 g/mol. The number of phenolic OH excluding ortho intramolecular Hbond substituents is 1. The number of aryl methyl sites for hydroxylation is 2. The van der Waals surface area contributed by atoms with E-state index in [1.54, 1.807) is 6.07 Å². The fourth-order valence-electron chi connectivity index (χ4n) is 2.67. The quantitative estimate of drug-likeness (QED) is 0.861. The fourth-order valence-corrected chi connectivity index (χ4v) is 2.67. The molecule has 0 fully saturated rings. The summed E-state index contributed by atoms with van der Waals surface area (Å²) in [5, 5.41) is 13.1. The zero-order valence-corrected chi connectivity index (χ0v) is 12.6. The van der Waals surface area contributed by atoms with E-state index in [0.29, 0.717) is 5.75 Å². The number of hydrogen-bond donors (Lipinski definition) is 2. The highest BCUT2D eigenvalue weighted by atomic mass is 16.3. The van der Waals surface area contributed by atoms with Gasteiger partial charge in [0.1, 0.15) is 5.75 Å². The Kier molecular flexibility index (Phi) is 4.46. The van der Waals surface area contributed by atoms with E-state index in [1.165, 1.54) is 16.7 Å². The van der Waals surface area contributed by atoms with Crippen LogP contribution in [0.15, 0.2) is 42.5 Å². The fraction of sp³-hybridized carbons (Fsp3) is 0.333. The van der Waals surface area contributed by atoms with Crippen molar-refractivity contribution >= 4 is 0 Å². The minimum atomic E-state index is 0.192. The van der Waals surface area contributed by atoms with Crippen LogP contribution in [0.4, 0.5) is 0 Å². The van der Waals surface area contributed by atoms with Crippen molar-refractivity contribution in [3.8, 4) is 5.75 Å². The number of hydrogen-bond acceptors (Lipinski definition) is 2. The lowest BCUT2D eigenvalue weighted by Gasteiger charge is -2.22. The highest BCUT2D eigenvalue weighted by Crippen LogP contribution is 2.24.